The van der Waals surface area contributed by atoms with Gasteiger partial charge >= 0.3 is 5.97 Å². The molecule has 0 spiro atoms. The van der Waals surface area contributed by atoms with Gasteiger partial charge in [0, 0.05) is 16.3 Å². The van der Waals surface area contributed by atoms with E-state index in [1.54, 1.807) is 48.5 Å². The summed E-state index contributed by atoms with van der Waals surface area (Å²) < 4.78 is 5.28. The van der Waals surface area contributed by atoms with E-state index in [0.29, 0.717) is 34.0 Å². The molecule has 1 atom stereocenters. The smallest absolute Gasteiger partial charge is 0.338 e. The highest BCUT2D eigenvalue weighted by molar-refractivity contribution is 6.51. The lowest BCUT2D eigenvalue weighted by molar-refractivity contribution is -0.132. The summed E-state index contributed by atoms with van der Waals surface area (Å²) in [6.07, 6.45) is 0. The number of carbonyl (C=O) groups excluding carboxylic acids is 3. The number of nitrogens with zero attached hydrogens (tertiary/aromatic N) is 1. The Balaban J connectivity index is 1.81. The second-order valence-corrected chi connectivity index (χ2v) is 9.57. The molecular weight excluding hydrogens is 478 g/mol. The molecule has 4 rings (SSSR count). The molecule has 1 saturated heterocycles. The summed E-state index contributed by atoms with van der Waals surface area (Å²) in [5.41, 5.74) is 2.65. The fraction of sp³-hybridized carbons (Fsp3) is 0.207. The van der Waals surface area contributed by atoms with Crippen LogP contribution in [0, 0.1) is 12.8 Å². The van der Waals surface area contributed by atoms with Gasteiger partial charge in [-0.1, -0.05) is 67.4 Å². The number of hydrogen-bond donors (Lipinski definition) is 1. The van der Waals surface area contributed by atoms with Gasteiger partial charge in [-0.25, -0.2) is 4.79 Å². The van der Waals surface area contributed by atoms with E-state index >= 15 is 0 Å². The van der Waals surface area contributed by atoms with Crippen molar-refractivity contribution < 1.29 is 24.2 Å². The molecule has 1 N–H and O–H groups in total. The predicted octanol–water partition coefficient (Wildman–Crippen LogP) is 6.09. The molecule has 36 heavy (non-hydrogen) atoms. The van der Waals surface area contributed by atoms with Crippen LogP contribution in [0.5, 0.6) is 0 Å². The van der Waals surface area contributed by atoms with Gasteiger partial charge in [0.25, 0.3) is 11.7 Å². The van der Waals surface area contributed by atoms with E-state index in [2.05, 4.69) is 0 Å². The molecule has 1 unspecified atom stereocenters. The quantitative estimate of drug-likeness (QED) is 0.190. The van der Waals surface area contributed by atoms with Crippen molar-refractivity contribution in [3.8, 4) is 0 Å². The number of rotatable bonds is 6. The monoisotopic (exact) mass is 503 g/mol. The molecule has 1 amide bonds. The lowest BCUT2D eigenvalue weighted by atomic mass is 9.94. The molecule has 1 aliphatic heterocycles. The molecule has 1 heterocycles. The zero-order chi connectivity index (χ0) is 26.0. The normalized spacial score (nSPS) is 17.0. The number of amides is 1. The number of aliphatic hydroxyl groups is 1. The van der Waals surface area contributed by atoms with E-state index in [0.717, 1.165) is 5.56 Å². The molecule has 7 heteroatoms. The van der Waals surface area contributed by atoms with E-state index in [1.807, 2.05) is 39.0 Å². The van der Waals surface area contributed by atoms with Crippen molar-refractivity contribution in [3.05, 3.63) is 106 Å². The summed E-state index contributed by atoms with van der Waals surface area (Å²) in [5, 5.41) is 11.6. The van der Waals surface area contributed by atoms with E-state index in [9.17, 15) is 19.5 Å². The van der Waals surface area contributed by atoms with Crippen LogP contribution in [-0.2, 0) is 14.3 Å². The van der Waals surface area contributed by atoms with Crippen LogP contribution >= 0.6 is 11.6 Å². The van der Waals surface area contributed by atoms with Gasteiger partial charge < -0.3 is 9.84 Å². The Bertz CT molecular complexity index is 1360. The fourth-order valence-corrected chi connectivity index (χ4v) is 4.32. The maximum atomic E-state index is 13.3. The largest absolute Gasteiger partial charge is 0.507 e. The van der Waals surface area contributed by atoms with E-state index in [1.165, 1.54) is 11.0 Å². The van der Waals surface area contributed by atoms with Crippen molar-refractivity contribution in [1.29, 1.82) is 0 Å². The number of ketones is 1. The van der Waals surface area contributed by atoms with Gasteiger partial charge in [0.05, 0.1) is 23.8 Å². The van der Waals surface area contributed by atoms with Crippen molar-refractivity contribution in [3.63, 3.8) is 0 Å². The summed E-state index contributed by atoms with van der Waals surface area (Å²) >= 11 is 6.11. The number of carbonyl (C=O) groups is 3. The standard InChI is InChI=1S/C29H26ClNO5/c1-17(2)16-36-29(35)19-10-12-23(13-11-19)31-25(20-7-4-6-18(3)14-20)24(27(33)28(31)34)26(32)21-8-5-9-22(30)15-21/h4-15,17,25,32H,16H2,1-3H3/b26-24+. The summed E-state index contributed by atoms with van der Waals surface area (Å²) in [5.74, 6) is -2.15. The summed E-state index contributed by atoms with van der Waals surface area (Å²) in [6.45, 7) is 6.10. The van der Waals surface area contributed by atoms with Crippen LogP contribution in [0.4, 0.5) is 5.69 Å². The Labute approximate surface area is 214 Å². The molecule has 0 aromatic heterocycles. The van der Waals surface area contributed by atoms with Crippen LogP contribution in [0.3, 0.4) is 0 Å². The Morgan fingerprint density at radius 1 is 1.00 bits per heavy atom. The number of Topliss-reactive ketones (excluding diaryl/α,β-unsaturated/α-hetero) is 1. The maximum absolute atomic E-state index is 13.3. The lowest BCUT2D eigenvalue weighted by Gasteiger charge is -2.26. The van der Waals surface area contributed by atoms with Crippen LogP contribution in [-0.4, -0.2) is 29.4 Å². The van der Waals surface area contributed by atoms with Gasteiger partial charge in [0.15, 0.2) is 0 Å². The van der Waals surface area contributed by atoms with Crippen molar-refractivity contribution in [2.45, 2.75) is 26.8 Å². The molecular formula is C29H26ClNO5. The molecule has 1 aliphatic rings. The zero-order valence-corrected chi connectivity index (χ0v) is 21.0. The van der Waals surface area contributed by atoms with E-state index in [-0.39, 0.29) is 17.3 Å². The summed E-state index contributed by atoms with van der Waals surface area (Å²) in [6, 6.07) is 19.3. The molecule has 0 bridgehead atoms. The van der Waals surface area contributed by atoms with Gasteiger partial charge in [-0.15, -0.1) is 0 Å². The second-order valence-electron chi connectivity index (χ2n) is 9.13. The molecule has 0 saturated carbocycles. The molecule has 3 aromatic carbocycles. The molecule has 0 aliphatic carbocycles. The number of hydrogen-bond acceptors (Lipinski definition) is 5. The van der Waals surface area contributed by atoms with Gasteiger partial charge in [0.1, 0.15) is 5.76 Å². The van der Waals surface area contributed by atoms with Crippen LogP contribution in [0.25, 0.3) is 5.76 Å². The Morgan fingerprint density at radius 2 is 1.69 bits per heavy atom. The number of esters is 1. The number of aryl methyl sites for hydroxylation is 1. The van der Waals surface area contributed by atoms with Gasteiger partial charge in [-0.05, 0) is 54.8 Å². The molecule has 6 nitrogen and oxygen atoms in total. The maximum Gasteiger partial charge on any atom is 0.338 e. The number of aliphatic hydroxyl groups excluding tert-OH is 1. The molecule has 1 fully saturated rings. The Hall–Kier alpha value is -3.90. The molecule has 0 radical (unpaired) electrons. The first-order chi connectivity index (χ1) is 17.2. The van der Waals surface area contributed by atoms with E-state index < -0.39 is 23.7 Å². The van der Waals surface area contributed by atoms with Crippen molar-refractivity contribution >= 4 is 40.7 Å². The lowest BCUT2D eigenvalue weighted by Crippen LogP contribution is -2.29. The molecule has 3 aromatic rings. The van der Waals surface area contributed by atoms with Crippen LogP contribution < -0.4 is 4.90 Å². The second kappa shape index (κ2) is 10.4. The molecule has 184 valence electrons. The highest BCUT2D eigenvalue weighted by Gasteiger charge is 2.47. The topological polar surface area (TPSA) is 83.9 Å². The average molecular weight is 504 g/mol. The number of halogens is 1. The first-order valence-corrected chi connectivity index (χ1v) is 12.0. The van der Waals surface area contributed by atoms with Crippen LogP contribution in [0.2, 0.25) is 5.02 Å². The highest BCUT2D eigenvalue weighted by Crippen LogP contribution is 2.42. The summed E-state index contributed by atoms with van der Waals surface area (Å²) in [7, 11) is 0. The fourth-order valence-electron chi connectivity index (χ4n) is 4.13. The number of benzene rings is 3. The van der Waals surface area contributed by atoms with Crippen LogP contribution in [0.1, 0.15) is 46.9 Å². The predicted molar refractivity (Wildman–Crippen MR) is 139 cm³/mol. The minimum atomic E-state index is -0.873. The van der Waals surface area contributed by atoms with Crippen molar-refractivity contribution in [2.75, 3.05) is 11.5 Å². The Kier molecular flexibility index (Phi) is 7.27. The number of anilines is 1. The third kappa shape index (κ3) is 5.04. The zero-order valence-electron chi connectivity index (χ0n) is 20.2. The summed E-state index contributed by atoms with van der Waals surface area (Å²) in [4.78, 5) is 40.2. The first-order valence-electron chi connectivity index (χ1n) is 11.6. The van der Waals surface area contributed by atoms with Gasteiger partial charge in [0.2, 0.25) is 0 Å². The number of ether oxygens (including phenoxy) is 1. The average Bonchev–Trinajstić information content (AvgIpc) is 3.12. The van der Waals surface area contributed by atoms with E-state index in [4.69, 9.17) is 16.3 Å². The first kappa shape index (κ1) is 25.2. The minimum absolute atomic E-state index is 0.0340. The van der Waals surface area contributed by atoms with Crippen molar-refractivity contribution in [2.24, 2.45) is 5.92 Å². The minimum Gasteiger partial charge on any atom is -0.507 e. The SMILES string of the molecule is Cc1cccc(C2/C(=C(\O)c3cccc(Cl)c3)C(=O)C(=O)N2c2ccc(C(=O)OCC(C)C)cc2)c1. The Morgan fingerprint density at radius 3 is 2.33 bits per heavy atom. The van der Waals surface area contributed by atoms with Crippen molar-refractivity contribution in [1.82, 2.24) is 0 Å². The highest BCUT2D eigenvalue weighted by atomic mass is 35.5. The van der Waals surface area contributed by atoms with Crippen LogP contribution in [0.15, 0.2) is 78.4 Å². The third-order valence-corrected chi connectivity index (χ3v) is 6.06. The third-order valence-electron chi connectivity index (χ3n) is 5.83. The van der Waals surface area contributed by atoms with Gasteiger partial charge in [-0.3, -0.25) is 14.5 Å². The van der Waals surface area contributed by atoms with Gasteiger partial charge in [-0.2, -0.15) is 0 Å².